The van der Waals surface area contributed by atoms with E-state index in [9.17, 15) is 9.59 Å². The summed E-state index contributed by atoms with van der Waals surface area (Å²) in [5.74, 6) is 0.638. The van der Waals surface area contributed by atoms with Crippen molar-refractivity contribution in [3.63, 3.8) is 0 Å². The average Bonchev–Trinajstić information content (AvgIpc) is 3.01. The van der Waals surface area contributed by atoms with Crippen molar-refractivity contribution in [3.8, 4) is 5.75 Å². The number of rotatable bonds is 7. The van der Waals surface area contributed by atoms with Crippen molar-refractivity contribution < 1.29 is 19.1 Å². The Morgan fingerprint density at radius 1 is 1.12 bits per heavy atom. The van der Waals surface area contributed by atoms with Crippen molar-refractivity contribution in [2.24, 2.45) is 0 Å². The van der Waals surface area contributed by atoms with E-state index in [0.29, 0.717) is 56.1 Å². The molecule has 1 aliphatic rings. The number of benzene rings is 2. The van der Waals surface area contributed by atoms with Crippen molar-refractivity contribution >= 4 is 23.6 Å². The van der Waals surface area contributed by atoms with Crippen LogP contribution in [0.1, 0.15) is 55.1 Å². The zero-order valence-electron chi connectivity index (χ0n) is 20.5. The molecule has 0 aromatic heterocycles. The highest BCUT2D eigenvalue weighted by Gasteiger charge is 2.25. The molecular weight excluding hydrogens is 430 g/mol. The molecule has 1 aliphatic heterocycles. The highest BCUT2D eigenvalue weighted by molar-refractivity contribution is 5.78. The second kappa shape index (κ2) is 11.2. The summed E-state index contributed by atoms with van der Waals surface area (Å²) in [7, 11) is 1.84. The van der Waals surface area contributed by atoms with Crippen LogP contribution < -0.4 is 15.8 Å². The molecule has 0 atom stereocenters. The van der Waals surface area contributed by atoms with Gasteiger partial charge in [0.1, 0.15) is 18.0 Å². The van der Waals surface area contributed by atoms with E-state index in [1.807, 2.05) is 64.2 Å². The number of anilines is 1. The quantitative estimate of drug-likeness (QED) is 0.456. The van der Waals surface area contributed by atoms with Gasteiger partial charge in [-0.1, -0.05) is 18.2 Å². The van der Waals surface area contributed by atoms with Crippen LogP contribution in [0, 0.1) is 0 Å². The Kier molecular flexibility index (Phi) is 8.34. The van der Waals surface area contributed by atoms with E-state index >= 15 is 0 Å². The van der Waals surface area contributed by atoms with Crippen LogP contribution in [-0.4, -0.2) is 49.6 Å². The topological polar surface area (TPSA) is 93.9 Å². The van der Waals surface area contributed by atoms with E-state index in [2.05, 4.69) is 5.32 Å². The number of hydrogen-bond donors (Lipinski definition) is 2. The van der Waals surface area contributed by atoms with E-state index in [1.54, 1.807) is 11.0 Å². The summed E-state index contributed by atoms with van der Waals surface area (Å²) >= 11 is 0. The van der Waals surface area contributed by atoms with Gasteiger partial charge in [-0.05, 0) is 87.2 Å². The zero-order valence-corrected chi connectivity index (χ0v) is 20.5. The third-order valence-corrected chi connectivity index (χ3v) is 5.68. The highest BCUT2D eigenvalue weighted by Crippen LogP contribution is 2.30. The van der Waals surface area contributed by atoms with E-state index in [-0.39, 0.29) is 6.09 Å². The third kappa shape index (κ3) is 6.84. The first-order valence-electron chi connectivity index (χ1n) is 11.6. The molecule has 0 saturated heterocycles. The fraction of sp³-hybridized carbons (Fsp3) is 0.407. The number of nitrogen functional groups attached to an aromatic ring is 1. The maximum atomic E-state index is 12.7. The number of hydrogen-bond acceptors (Lipinski definition) is 6. The zero-order chi connectivity index (χ0) is 24.7. The van der Waals surface area contributed by atoms with Gasteiger partial charge in [0.05, 0.1) is 0 Å². The minimum Gasteiger partial charge on any atom is -0.489 e. The molecular formula is C27H35N3O4. The van der Waals surface area contributed by atoms with Crippen molar-refractivity contribution in [2.45, 2.75) is 45.8 Å². The summed E-state index contributed by atoms with van der Waals surface area (Å²) in [6.07, 6.45) is 1.89. The number of ether oxygens (including phenoxy) is 2. The van der Waals surface area contributed by atoms with E-state index in [4.69, 9.17) is 15.2 Å². The minimum atomic E-state index is -0.543. The van der Waals surface area contributed by atoms with Crippen molar-refractivity contribution in [2.75, 3.05) is 32.5 Å². The molecule has 3 rings (SSSR count). The molecule has 0 fully saturated rings. The lowest BCUT2D eigenvalue weighted by Crippen LogP contribution is -2.37. The molecule has 3 N–H and O–H groups in total. The van der Waals surface area contributed by atoms with Gasteiger partial charge in [0.15, 0.2) is 6.29 Å². The molecule has 2 aromatic rings. The predicted molar refractivity (Wildman–Crippen MR) is 135 cm³/mol. The fourth-order valence-corrected chi connectivity index (χ4v) is 3.95. The number of nitrogens with one attached hydrogen (secondary N) is 1. The Hall–Kier alpha value is -3.32. The first-order chi connectivity index (χ1) is 16.2. The molecule has 7 nitrogen and oxygen atoms in total. The summed E-state index contributed by atoms with van der Waals surface area (Å²) in [6.45, 7) is 7.70. The van der Waals surface area contributed by atoms with Crippen LogP contribution in [0.4, 0.5) is 10.5 Å². The van der Waals surface area contributed by atoms with Crippen LogP contribution in [0.15, 0.2) is 48.0 Å². The lowest BCUT2D eigenvalue weighted by molar-refractivity contribution is 0.0259. The predicted octanol–water partition coefficient (Wildman–Crippen LogP) is 4.66. The van der Waals surface area contributed by atoms with Crippen LogP contribution in [-0.2, 0) is 11.3 Å². The molecule has 0 radical (unpaired) electrons. The van der Waals surface area contributed by atoms with Crippen LogP contribution >= 0.6 is 0 Å². The summed E-state index contributed by atoms with van der Waals surface area (Å²) in [5.41, 5.74) is 10.9. The largest absolute Gasteiger partial charge is 0.489 e. The van der Waals surface area contributed by atoms with Gasteiger partial charge in [-0.2, -0.15) is 0 Å². The summed E-state index contributed by atoms with van der Waals surface area (Å²) < 4.78 is 11.7. The number of amides is 1. The standard InChI is InChI=1S/C27H35N3O4/c1-27(2,3)34-26(32)30-13-11-21(25(12-14-30)19-5-8-23(28)9-6-19)18-33-24-10-7-20(16-29-4)22(15-24)17-31/h5-10,15,17,29H,11-14,16,18,28H2,1-4H3. The molecule has 0 spiro atoms. The Bertz CT molecular complexity index is 1040. The van der Waals surface area contributed by atoms with Crippen LogP contribution in [0.5, 0.6) is 5.75 Å². The number of aldehydes is 1. The molecule has 1 heterocycles. The van der Waals surface area contributed by atoms with Gasteiger partial charge in [-0.3, -0.25) is 4.79 Å². The molecule has 0 saturated carbocycles. The first-order valence-corrected chi connectivity index (χ1v) is 11.6. The lowest BCUT2D eigenvalue weighted by Gasteiger charge is -2.26. The van der Waals surface area contributed by atoms with E-state index in [0.717, 1.165) is 28.6 Å². The lowest BCUT2D eigenvalue weighted by atomic mass is 9.96. The normalized spacial score (nSPS) is 14.5. The molecule has 0 aliphatic carbocycles. The van der Waals surface area contributed by atoms with Gasteiger partial charge in [0.2, 0.25) is 0 Å². The Morgan fingerprint density at radius 2 is 1.82 bits per heavy atom. The average molecular weight is 466 g/mol. The van der Waals surface area contributed by atoms with Crippen LogP contribution in [0.3, 0.4) is 0 Å². The molecule has 182 valence electrons. The number of carbonyl (C=O) groups excluding carboxylic acids is 2. The maximum absolute atomic E-state index is 12.7. The van der Waals surface area contributed by atoms with E-state index < -0.39 is 5.60 Å². The molecule has 0 bridgehead atoms. The minimum absolute atomic E-state index is 0.304. The van der Waals surface area contributed by atoms with Gasteiger partial charge in [0, 0.05) is 30.9 Å². The number of carbonyl (C=O) groups is 2. The molecule has 34 heavy (non-hydrogen) atoms. The molecule has 1 amide bonds. The second-order valence-corrected chi connectivity index (χ2v) is 9.47. The van der Waals surface area contributed by atoms with Crippen molar-refractivity contribution in [1.82, 2.24) is 10.2 Å². The monoisotopic (exact) mass is 465 g/mol. The van der Waals surface area contributed by atoms with Crippen molar-refractivity contribution in [1.29, 1.82) is 0 Å². The van der Waals surface area contributed by atoms with Crippen molar-refractivity contribution in [3.05, 3.63) is 64.7 Å². The Labute approximate surface area is 201 Å². The number of nitrogens with zero attached hydrogens (tertiary/aromatic N) is 1. The van der Waals surface area contributed by atoms with Gasteiger partial charge < -0.3 is 25.4 Å². The van der Waals surface area contributed by atoms with Gasteiger partial charge >= 0.3 is 6.09 Å². The van der Waals surface area contributed by atoms with Gasteiger partial charge in [-0.25, -0.2) is 4.79 Å². The summed E-state index contributed by atoms with van der Waals surface area (Å²) in [6, 6.07) is 13.3. The Balaban J connectivity index is 1.82. The van der Waals surface area contributed by atoms with E-state index in [1.165, 1.54) is 0 Å². The Morgan fingerprint density at radius 3 is 2.47 bits per heavy atom. The van der Waals surface area contributed by atoms with Crippen LogP contribution in [0.25, 0.3) is 5.57 Å². The summed E-state index contributed by atoms with van der Waals surface area (Å²) in [5, 5.41) is 3.07. The summed E-state index contributed by atoms with van der Waals surface area (Å²) in [4.78, 5) is 26.0. The maximum Gasteiger partial charge on any atom is 0.410 e. The molecule has 0 unspecified atom stereocenters. The van der Waals surface area contributed by atoms with Gasteiger partial charge in [0.25, 0.3) is 0 Å². The highest BCUT2D eigenvalue weighted by atomic mass is 16.6. The first kappa shape index (κ1) is 25.3. The van der Waals surface area contributed by atoms with Crippen LogP contribution in [0.2, 0.25) is 0 Å². The SMILES string of the molecule is CNCc1ccc(OCC2=C(c3ccc(N)cc3)CCN(C(=O)OC(C)(C)C)CC2)cc1C=O. The number of nitrogens with two attached hydrogens (primary N) is 1. The molecule has 2 aromatic carbocycles. The second-order valence-electron chi connectivity index (χ2n) is 9.47. The molecule has 7 heteroatoms. The smallest absolute Gasteiger partial charge is 0.410 e. The fourth-order valence-electron chi connectivity index (χ4n) is 3.95. The van der Waals surface area contributed by atoms with Gasteiger partial charge in [-0.15, -0.1) is 0 Å². The third-order valence-electron chi connectivity index (χ3n) is 5.68.